The number of hydrogen-bond acceptors (Lipinski definition) is 5. The van der Waals surface area contributed by atoms with Gasteiger partial charge in [-0.3, -0.25) is 9.59 Å². The molecule has 0 aromatic heterocycles. The fraction of sp³-hybridized carbons (Fsp3) is 0.333. The van der Waals surface area contributed by atoms with Crippen molar-refractivity contribution in [2.75, 3.05) is 18.6 Å². The van der Waals surface area contributed by atoms with Crippen molar-refractivity contribution in [3.63, 3.8) is 0 Å². The molecule has 0 saturated carbocycles. The Morgan fingerprint density at radius 2 is 1.86 bits per heavy atom. The largest absolute Gasteiger partial charge is 0.469 e. The molecule has 8 heteroatoms. The van der Waals surface area contributed by atoms with Crippen LogP contribution in [0.2, 0.25) is 0 Å². The Kier molecular flexibility index (Phi) is 6.04. The number of sulfonamides is 1. The standard InChI is InChI=1S/C21H24N2O5S/c1-14-4-6-16(7-5-14)19(13-21(25)28-3)22-29(26,27)18-8-9-20-17(12-18)10-11-23(20)15(2)24/h4-9,12,19,22H,10-11,13H2,1-3H3/t19-/m1/s1. The minimum absolute atomic E-state index is 0.0741. The third-order valence-electron chi connectivity index (χ3n) is 5.01. The highest BCUT2D eigenvalue weighted by molar-refractivity contribution is 7.89. The highest BCUT2D eigenvalue weighted by atomic mass is 32.2. The number of hydrogen-bond donors (Lipinski definition) is 1. The van der Waals surface area contributed by atoms with E-state index in [0.717, 1.165) is 16.8 Å². The normalized spacial score (nSPS) is 14.4. The molecular formula is C21H24N2O5S. The van der Waals surface area contributed by atoms with Gasteiger partial charge in [0, 0.05) is 19.2 Å². The number of aryl methyl sites for hydroxylation is 1. The van der Waals surface area contributed by atoms with E-state index in [9.17, 15) is 18.0 Å². The number of carbonyl (C=O) groups is 2. The average Bonchev–Trinajstić information content (AvgIpc) is 3.11. The van der Waals surface area contributed by atoms with Crippen molar-refractivity contribution in [3.05, 3.63) is 59.2 Å². The van der Waals surface area contributed by atoms with Crippen LogP contribution in [-0.2, 0) is 30.8 Å². The molecule has 0 saturated heterocycles. The summed E-state index contributed by atoms with van der Waals surface area (Å²) in [6.07, 6.45) is 0.476. The maximum Gasteiger partial charge on any atom is 0.307 e. The number of anilines is 1. The van der Waals surface area contributed by atoms with E-state index < -0.39 is 22.0 Å². The van der Waals surface area contributed by atoms with Crippen molar-refractivity contribution in [2.24, 2.45) is 0 Å². The van der Waals surface area contributed by atoms with Crippen LogP contribution in [0.3, 0.4) is 0 Å². The van der Waals surface area contributed by atoms with E-state index in [-0.39, 0.29) is 17.2 Å². The molecule has 2 aromatic carbocycles. The summed E-state index contributed by atoms with van der Waals surface area (Å²) in [4.78, 5) is 25.3. The van der Waals surface area contributed by atoms with Gasteiger partial charge in [-0.15, -0.1) is 0 Å². The second kappa shape index (κ2) is 8.34. The Labute approximate surface area is 170 Å². The van der Waals surface area contributed by atoms with Crippen LogP contribution in [0.25, 0.3) is 0 Å². The zero-order chi connectivity index (χ0) is 21.2. The van der Waals surface area contributed by atoms with Gasteiger partial charge in [-0.05, 0) is 42.7 Å². The van der Waals surface area contributed by atoms with Gasteiger partial charge in [-0.1, -0.05) is 29.8 Å². The Morgan fingerprint density at radius 3 is 2.48 bits per heavy atom. The number of nitrogens with one attached hydrogen (secondary N) is 1. The van der Waals surface area contributed by atoms with Crippen LogP contribution < -0.4 is 9.62 Å². The topological polar surface area (TPSA) is 92.8 Å². The third kappa shape index (κ3) is 4.65. The van der Waals surface area contributed by atoms with Crippen LogP contribution in [0, 0.1) is 6.92 Å². The first kappa shape index (κ1) is 21.0. The van der Waals surface area contributed by atoms with Crippen molar-refractivity contribution in [1.29, 1.82) is 0 Å². The van der Waals surface area contributed by atoms with E-state index >= 15 is 0 Å². The van der Waals surface area contributed by atoms with Gasteiger partial charge in [0.15, 0.2) is 0 Å². The predicted octanol–water partition coefficient (Wildman–Crippen LogP) is 2.49. The van der Waals surface area contributed by atoms with Gasteiger partial charge in [0.25, 0.3) is 0 Å². The molecule has 0 radical (unpaired) electrons. The summed E-state index contributed by atoms with van der Waals surface area (Å²) >= 11 is 0. The highest BCUT2D eigenvalue weighted by Gasteiger charge is 2.27. The molecule has 0 fully saturated rings. The van der Waals surface area contributed by atoms with Gasteiger partial charge in [0.05, 0.1) is 24.5 Å². The lowest BCUT2D eigenvalue weighted by molar-refractivity contribution is -0.141. The van der Waals surface area contributed by atoms with Crippen LogP contribution in [0.4, 0.5) is 5.69 Å². The second-order valence-corrected chi connectivity index (χ2v) is 8.79. The second-order valence-electron chi connectivity index (χ2n) is 7.08. The number of carbonyl (C=O) groups excluding carboxylic acids is 2. The van der Waals surface area contributed by atoms with E-state index in [0.29, 0.717) is 18.5 Å². The number of benzene rings is 2. The molecule has 3 rings (SSSR count). The summed E-state index contributed by atoms with van der Waals surface area (Å²) in [6.45, 7) is 3.95. The van der Waals surface area contributed by atoms with Gasteiger partial charge in [0.1, 0.15) is 0 Å². The predicted molar refractivity (Wildman–Crippen MR) is 109 cm³/mol. The van der Waals surface area contributed by atoms with Crippen molar-refractivity contribution in [1.82, 2.24) is 4.72 Å². The van der Waals surface area contributed by atoms with Crippen LogP contribution >= 0.6 is 0 Å². The Balaban J connectivity index is 1.90. The Hall–Kier alpha value is -2.71. The zero-order valence-corrected chi connectivity index (χ0v) is 17.5. The summed E-state index contributed by atoms with van der Waals surface area (Å²) in [7, 11) is -2.62. The first-order valence-corrected chi connectivity index (χ1v) is 10.8. The SMILES string of the molecule is COC(=O)C[C@@H](NS(=O)(=O)c1ccc2c(c1)CCN2C(C)=O)c1ccc(C)cc1. The number of fused-ring (bicyclic) bond motifs is 1. The molecule has 1 heterocycles. The van der Waals surface area contributed by atoms with Gasteiger partial charge in [-0.25, -0.2) is 13.1 Å². The van der Waals surface area contributed by atoms with Crippen LogP contribution in [0.5, 0.6) is 0 Å². The minimum atomic E-state index is -3.89. The molecule has 0 unspecified atom stereocenters. The number of nitrogens with zero attached hydrogens (tertiary/aromatic N) is 1. The number of rotatable bonds is 6. The lowest BCUT2D eigenvalue weighted by Crippen LogP contribution is -2.30. The fourth-order valence-corrected chi connectivity index (χ4v) is 4.68. The van der Waals surface area contributed by atoms with Gasteiger partial charge >= 0.3 is 5.97 Å². The zero-order valence-electron chi connectivity index (χ0n) is 16.6. The summed E-state index contributed by atoms with van der Waals surface area (Å²) < 4.78 is 33.4. The first-order chi connectivity index (χ1) is 13.7. The maximum atomic E-state index is 13.0. The van der Waals surface area contributed by atoms with Crippen molar-refractivity contribution in [3.8, 4) is 0 Å². The van der Waals surface area contributed by atoms with E-state index in [1.165, 1.54) is 20.1 Å². The number of esters is 1. The molecule has 2 aromatic rings. The fourth-order valence-electron chi connectivity index (χ4n) is 3.40. The third-order valence-corrected chi connectivity index (χ3v) is 6.48. The van der Waals surface area contributed by atoms with E-state index in [1.807, 2.05) is 19.1 Å². The molecule has 29 heavy (non-hydrogen) atoms. The number of amides is 1. The Bertz CT molecular complexity index is 1030. The molecule has 1 N–H and O–H groups in total. The van der Waals surface area contributed by atoms with Crippen LogP contribution in [-0.4, -0.2) is 33.9 Å². The lowest BCUT2D eigenvalue weighted by Gasteiger charge is -2.19. The highest BCUT2D eigenvalue weighted by Crippen LogP contribution is 2.31. The molecule has 1 amide bonds. The van der Waals surface area contributed by atoms with Gasteiger partial charge < -0.3 is 9.64 Å². The van der Waals surface area contributed by atoms with Crippen molar-refractivity contribution in [2.45, 2.75) is 37.6 Å². The molecule has 1 aliphatic heterocycles. The monoisotopic (exact) mass is 416 g/mol. The summed E-state index contributed by atoms with van der Waals surface area (Å²) in [5.41, 5.74) is 3.25. The number of ether oxygens (including phenoxy) is 1. The maximum absolute atomic E-state index is 13.0. The number of methoxy groups -OCH3 is 1. The quantitative estimate of drug-likeness (QED) is 0.731. The summed E-state index contributed by atoms with van der Waals surface area (Å²) in [5, 5.41) is 0. The van der Waals surface area contributed by atoms with E-state index in [4.69, 9.17) is 4.74 Å². The molecule has 154 valence electrons. The minimum Gasteiger partial charge on any atom is -0.469 e. The molecule has 1 atom stereocenters. The average molecular weight is 416 g/mol. The van der Waals surface area contributed by atoms with E-state index in [1.54, 1.807) is 29.2 Å². The first-order valence-electron chi connectivity index (χ1n) is 9.28. The van der Waals surface area contributed by atoms with Crippen LogP contribution in [0.15, 0.2) is 47.4 Å². The molecule has 1 aliphatic rings. The molecule has 7 nitrogen and oxygen atoms in total. The molecule has 0 spiro atoms. The van der Waals surface area contributed by atoms with E-state index in [2.05, 4.69) is 4.72 Å². The van der Waals surface area contributed by atoms with Crippen LogP contribution in [0.1, 0.15) is 36.1 Å². The molecule has 0 aliphatic carbocycles. The van der Waals surface area contributed by atoms with Gasteiger partial charge in [0.2, 0.25) is 15.9 Å². The van der Waals surface area contributed by atoms with Crippen molar-refractivity contribution >= 4 is 27.6 Å². The molecular weight excluding hydrogens is 392 g/mol. The lowest BCUT2D eigenvalue weighted by atomic mass is 10.0. The summed E-state index contributed by atoms with van der Waals surface area (Å²) in [5.74, 6) is -0.584. The Morgan fingerprint density at radius 1 is 1.17 bits per heavy atom. The summed E-state index contributed by atoms with van der Waals surface area (Å²) in [6, 6.07) is 11.3. The molecule has 0 bridgehead atoms. The van der Waals surface area contributed by atoms with Gasteiger partial charge in [-0.2, -0.15) is 0 Å². The smallest absolute Gasteiger partial charge is 0.307 e. The van der Waals surface area contributed by atoms with Crippen molar-refractivity contribution < 1.29 is 22.7 Å².